The van der Waals surface area contributed by atoms with Crippen molar-refractivity contribution < 1.29 is 28.8 Å². The standard InChI is InChI=1S/C34H56N6O6/c1-18(2)24(30(44)39(8)20-15-16-20)37-32(46)38-27(33(3,4)5)31(45)40-17-21-23(34(21,6)7)25(40)29(43)36-22(26(41)28(35)42)12-10-9-11-19-13-14-19/h18-25,27H,9-17H2,1-8H3,(H2,35,42)(H,36,43)(H2,37,38,46)/t21-,22?,23-,24-,25-,27+/m0/s1. The van der Waals surface area contributed by atoms with Crippen molar-refractivity contribution >= 4 is 35.4 Å². The number of urea groups is 1. The van der Waals surface area contributed by atoms with Crippen LogP contribution in [-0.4, -0.2) is 89.0 Å². The molecule has 4 rings (SSSR count). The maximum atomic E-state index is 14.3. The highest BCUT2D eigenvalue weighted by molar-refractivity contribution is 6.37. The highest BCUT2D eigenvalue weighted by Gasteiger charge is 2.70. The highest BCUT2D eigenvalue weighted by Crippen LogP contribution is 2.65. The Kier molecular flexibility index (Phi) is 10.5. The molecule has 1 aliphatic heterocycles. The van der Waals surface area contributed by atoms with Crippen LogP contribution in [0.5, 0.6) is 0 Å². The number of nitrogens with one attached hydrogen (secondary N) is 3. The molecule has 1 saturated heterocycles. The predicted molar refractivity (Wildman–Crippen MR) is 173 cm³/mol. The minimum atomic E-state index is -1.10. The molecular formula is C34H56N6O6. The summed E-state index contributed by atoms with van der Waals surface area (Å²) in [5.74, 6) is -2.49. The van der Waals surface area contributed by atoms with Gasteiger partial charge < -0.3 is 31.5 Å². The third-order valence-corrected chi connectivity index (χ3v) is 10.7. The van der Waals surface area contributed by atoms with Gasteiger partial charge in [-0.15, -0.1) is 0 Å². The van der Waals surface area contributed by atoms with Crippen LogP contribution in [0.2, 0.25) is 0 Å². The maximum absolute atomic E-state index is 14.3. The molecule has 12 heteroatoms. The fourth-order valence-corrected chi connectivity index (χ4v) is 7.20. The molecule has 5 N–H and O–H groups in total. The largest absolute Gasteiger partial charge is 0.363 e. The van der Waals surface area contributed by atoms with E-state index in [1.165, 1.54) is 17.7 Å². The Morgan fingerprint density at radius 3 is 2.11 bits per heavy atom. The first-order valence-electron chi connectivity index (χ1n) is 17.1. The number of nitrogens with zero attached hydrogens (tertiary/aromatic N) is 2. The Hall–Kier alpha value is -3.18. The summed E-state index contributed by atoms with van der Waals surface area (Å²) >= 11 is 0. The molecule has 1 heterocycles. The number of piperidine rings is 1. The van der Waals surface area contributed by atoms with Crippen LogP contribution in [-0.2, 0) is 24.0 Å². The zero-order chi connectivity index (χ0) is 34.3. The molecule has 0 spiro atoms. The van der Waals surface area contributed by atoms with Crippen LogP contribution in [0, 0.1) is 34.5 Å². The van der Waals surface area contributed by atoms with Gasteiger partial charge in [-0.3, -0.25) is 24.0 Å². The van der Waals surface area contributed by atoms with E-state index in [-0.39, 0.29) is 35.1 Å². The molecule has 3 saturated carbocycles. The fraction of sp³-hybridized carbons (Fsp3) is 0.824. The van der Waals surface area contributed by atoms with E-state index in [4.69, 9.17) is 5.73 Å². The summed E-state index contributed by atoms with van der Waals surface area (Å²) in [4.78, 5) is 82.6. The summed E-state index contributed by atoms with van der Waals surface area (Å²) in [6.45, 7) is 13.7. The number of hydrogen-bond donors (Lipinski definition) is 4. The monoisotopic (exact) mass is 644 g/mol. The van der Waals surface area contributed by atoms with E-state index in [2.05, 4.69) is 29.8 Å². The smallest absolute Gasteiger partial charge is 0.316 e. The van der Waals surface area contributed by atoms with Crippen molar-refractivity contribution in [2.24, 2.45) is 40.2 Å². The Morgan fingerprint density at radius 1 is 0.957 bits per heavy atom. The Balaban J connectivity index is 1.48. The molecule has 1 unspecified atom stereocenters. The van der Waals surface area contributed by atoms with Crippen LogP contribution in [0.25, 0.3) is 0 Å². The van der Waals surface area contributed by atoms with Crippen LogP contribution in [0.3, 0.4) is 0 Å². The molecule has 12 nitrogen and oxygen atoms in total. The zero-order valence-corrected chi connectivity index (χ0v) is 29.0. The molecule has 0 aromatic carbocycles. The van der Waals surface area contributed by atoms with Gasteiger partial charge in [0.2, 0.25) is 23.5 Å². The lowest BCUT2D eigenvalue weighted by atomic mass is 9.85. The van der Waals surface area contributed by atoms with Crippen molar-refractivity contribution in [1.29, 1.82) is 0 Å². The maximum Gasteiger partial charge on any atom is 0.316 e. The minimum absolute atomic E-state index is 0.0754. The van der Waals surface area contributed by atoms with Gasteiger partial charge in [0.15, 0.2) is 0 Å². The molecule has 0 aromatic heterocycles. The van der Waals surface area contributed by atoms with Gasteiger partial charge in [-0.2, -0.15) is 0 Å². The van der Waals surface area contributed by atoms with Gasteiger partial charge in [-0.1, -0.05) is 80.6 Å². The molecule has 258 valence electrons. The third kappa shape index (κ3) is 8.02. The molecule has 4 aliphatic rings. The summed E-state index contributed by atoms with van der Waals surface area (Å²) in [5.41, 5.74) is 4.43. The molecule has 0 radical (unpaired) electrons. The summed E-state index contributed by atoms with van der Waals surface area (Å²) in [6, 6.07) is -4.12. The highest BCUT2D eigenvalue weighted by atomic mass is 16.2. The number of rotatable bonds is 15. The van der Waals surface area contributed by atoms with Gasteiger partial charge in [-0.05, 0) is 53.8 Å². The number of ketones is 1. The van der Waals surface area contributed by atoms with Gasteiger partial charge in [-0.25, -0.2) is 4.79 Å². The van der Waals surface area contributed by atoms with E-state index in [1.807, 2.05) is 34.6 Å². The van der Waals surface area contributed by atoms with Gasteiger partial charge in [0.05, 0.1) is 6.04 Å². The van der Waals surface area contributed by atoms with E-state index in [0.717, 1.165) is 31.6 Å². The lowest BCUT2D eigenvalue weighted by Crippen LogP contribution is -2.62. The normalized spacial score (nSPS) is 25.2. The average molecular weight is 645 g/mol. The molecule has 46 heavy (non-hydrogen) atoms. The minimum Gasteiger partial charge on any atom is -0.363 e. The molecule has 4 fully saturated rings. The summed E-state index contributed by atoms with van der Waals surface area (Å²) in [5, 5.41) is 8.43. The quantitative estimate of drug-likeness (QED) is 0.157. The van der Waals surface area contributed by atoms with Crippen LogP contribution in [0.4, 0.5) is 4.79 Å². The third-order valence-electron chi connectivity index (χ3n) is 10.7. The number of primary amides is 1. The second-order valence-electron chi connectivity index (χ2n) is 16.2. The number of fused-ring (bicyclic) bond motifs is 1. The number of Topliss-reactive ketones (excluding diaryl/α,β-unsaturated/α-hetero) is 1. The first-order valence-corrected chi connectivity index (χ1v) is 17.1. The average Bonchev–Trinajstić information content (AvgIpc) is 3.91. The summed E-state index contributed by atoms with van der Waals surface area (Å²) in [7, 11) is 1.75. The van der Waals surface area contributed by atoms with E-state index in [9.17, 15) is 28.8 Å². The van der Waals surface area contributed by atoms with Crippen molar-refractivity contribution in [2.45, 2.75) is 130 Å². The molecule has 0 aromatic rings. The SMILES string of the molecule is CC(C)[C@H](NC(=O)N[C@H](C(=O)N1C[C@H]2[C@@H]([C@H]1C(=O)NC(CCCCC1CC1)C(=O)C(N)=O)C2(C)C)C(C)(C)C)C(=O)N(C)C1CC1. The zero-order valence-electron chi connectivity index (χ0n) is 29.0. The Bertz CT molecular complexity index is 1220. The number of nitrogens with two attached hydrogens (primary N) is 1. The van der Waals surface area contributed by atoms with E-state index in [0.29, 0.717) is 19.4 Å². The summed E-state index contributed by atoms with van der Waals surface area (Å²) < 4.78 is 0. The van der Waals surface area contributed by atoms with Crippen LogP contribution in [0.1, 0.15) is 99.8 Å². The van der Waals surface area contributed by atoms with Crippen LogP contribution >= 0.6 is 0 Å². The van der Waals surface area contributed by atoms with Gasteiger partial charge in [0, 0.05) is 19.6 Å². The van der Waals surface area contributed by atoms with Gasteiger partial charge in [0.25, 0.3) is 5.91 Å². The van der Waals surface area contributed by atoms with E-state index in [1.54, 1.807) is 11.9 Å². The first-order chi connectivity index (χ1) is 21.4. The van der Waals surface area contributed by atoms with Crippen molar-refractivity contribution in [2.75, 3.05) is 13.6 Å². The van der Waals surface area contributed by atoms with E-state index < -0.39 is 59.1 Å². The molecule has 0 bridgehead atoms. The van der Waals surface area contributed by atoms with Crippen LogP contribution in [0.15, 0.2) is 0 Å². The number of likely N-dealkylation sites (tertiary alicyclic amines) is 1. The van der Waals surface area contributed by atoms with E-state index >= 15 is 0 Å². The summed E-state index contributed by atoms with van der Waals surface area (Å²) in [6.07, 6.45) is 7.28. The fourth-order valence-electron chi connectivity index (χ4n) is 7.20. The lowest BCUT2D eigenvalue weighted by molar-refractivity contribution is -0.145. The molecule has 6 amide bonds. The number of carbonyl (C=O) groups is 6. The second kappa shape index (κ2) is 13.5. The van der Waals surface area contributed by atoms with Gasteiger partial charge in [0.1, 0.15) is 18.1 Å². The number of likely N-dealkylation sites (N-methyl/N-ethyl adjacent to an activating group) is 1. The number of unbranched alkanes of at least 4 members (excludes halogenated alkanes) is 1. The second-order valence-corrected chi connectivity index (χ2v) is 16.2. The van der Waals surface area contributed by atoms with Gasteiger partial charge >= 0.3 is 6.03 Å². The number of amides is 6. The Labute approximate surface area is 273 Å². The lowest BCUT2D eigenvalue weighted by Gasteiger charge is -2.38. The van der Waals surface area contributed by atoms with Crippen molar-refractivity contribution in [3.63, 3.8) is 0 Å². The van der Waals surface area contributed by atoms with Crippen molar-refractivity contribution in [3.8, 4) is 0 Å². The van der Waals surface area contributed by atoms with Crippen molar-refractivity contribution in [1.82, 2.24) is 25.8 Å². The first kappa shape index (κ1) is 35.7. The van der Waals surface area contributed by atoms with Crippen LogP contribution < -0.4 is 21.7 Å². The number of carbonyl (C=O) groups excluding carboxylic acids is 6. The van der Waals surface area contributed by atoms with Crippen molar-refractivity contribution in [3.05, 3.63) is 0 Å². The molecule has 3 aliphatic carbocycles. The molecule has 6 atom stereocenters. The predicted octanol–water partition coefficient (Wildman–Crippen LogP) is 2.34. The number of hydrogen-bond acceptors (Lipinski definition) is 6. The Morgan fingerprint density at radius 2 is 1.59 bits per heavy atom. The molecular weight excluding hydrogens is 588 g/mol. The topological polar surface area (TPSA) is 171 Å².